The van der Waals surface area contributed by atoms with E-state index in [9.17, 15) is 5.11 Å². The zero-order chi connectivity index (χ0) is 9.84. The number of aliphatic hydroxyl groups excluding tert-OH is 1. The summed E-state index contributed by atoms with van der Waals surface area (Å²) < 4.78 is 1.02. The van der Waals surface area contributed by atoms with Crippen LogP contribution in [0.15, 0.2) is 28.7 Å². The molecule has 0 amide bonds. The van der Waals surface area contributed by atoms with Crippen LogP contribution in [0, 0.1) is 0 Å². The minimum atomic E-state index is -0.473. The molecule has 3 N–H and O–H groups in total. The Hall–Kier alpha value is -0.380. The van der Waals surface area contributed by atoms with E-state index >= 15 is 0 Å². The van der Waals surface area contributed by atoms with Gasteiger partial charge in [0.2, 0.25) is 0 Å². The van der Waals surface area contributed by atoms with E-state index in [-0.39, 0.29) is 6.04 Å². The summed E-state index contributed by atoms with van der Waals surface area (Å²) in [6, 6.07) is 7.66. The van der Waals surface area contributed by atoms with Gasteiger partial charge in [0, 0.05) is 16.9 Å². The van der Waals surface area contributed by atoms with E-state index in [1.54, 1.807) is 0 Å². The first kappa shape index (κ1) is 10.7. The quantitative estimate of drug-likeness (QED) is 0.850. The average Bonchev–Trinajstić information content (AvgIpc) is 2.08. The fourth-order valence-corrected chi connectivity index (χ4v) is 1.52. The van der Waals surface area contributed by atoms with Crippen molar-refractivity contribution < 1.29 is 5.11 Å². The Bertz CT molecular complexity index is 275. The largest absolute Gasteiger partial charge is 0.391 e. The number of aliphatic hydroxyl groups is 1. The highest BCUT2D eigenvalue weighted by Gasteiger charge is 2.11. The van der Waals surface area contributed by atoms with Gasteiger partial charge >= 0.3 is 0 Å². The van der Waals surface area contributed by atoms with E-state index in [0.717, 1.165) is 10.0 Å². The van der Waals surface area contributed by atoms with Gasteiger partial charge in [0.1, 0.15) is 0 Å². The van der Waals surface area contributed by atoms with E-state index in [1.807, 2.05) is 31.2 Å². The molecule has 0 aromatic heterocycles. The molecular weight excluding hydrogens is 230 g/mol. The van der Waals surface area contributed by atoms with Crippen molar-refractivity contribution in [1.29, 1.82) is 0 Å². The van der Waals surface area contributed by atoms with Gasteiger partial charge in [0.25, 0.3) is 0 Å². The van der Waals surface area contributed by atoms with E-state index in [2.05, 4.69) is 15.9 Å². The highest BCUT2D eigenvalue weighted by molar-refractivity contribution is 9.10. The van der Waals surface area contributed by atoms with Crippen LogP contribution in [0.25, 0.3) is 0 Å². The van der Waals surface area contributed by atoms with Gasteiger partial charge in [-0.15, -0.1) is 0 Å². The minimum Gasteiger partial charge on any atom is -0.391 e. The molecule has 1 rings (SSSR count). The molecule has 0 fully saturated rings. The summed E-state index contributed by atoms with van der Waals surface area (Å²) in [6.45, 7) is 1.81. The van der Waals surface area contributed by atoms with E-state index in [4.69, 9.17) is 5.73 Å². The lowest BCUT2D eigenvalue weighted by molar-refractivity contribution is 0.151. The molecule has 2 atom stereocenters. The Kier molecular flexibility index (Phi) is 3.90. The molecule has 2 nitrogen and oxygen atoms in total. The van der Waals surface area contributed by atoms with Crippen molar-refractivity contribution in [2.45, 2.75) is 25.5 Å². The predicted octanol–water partition coefficient (Wildman–Crippen LogP) is 1.70. The molecule has 72 valence electrons. The van der Waals surface area contributed by atoms with Gasteiger partial charge in [-0.3, -0.25) is 0 Å². The van der Waals surface area contributed by atoms with Gasteiger partial charge in [0.05, 0.1) is 6.10 Å². The number of rotatable bonds is 3. The maximum Gasteiger partial charge on any atom is 0.0729 e. The van der Waals surface area contributed by atoms with Crippen LogP contribution >= 0.6 is 15.9 Å². The first-order valence-electron chi connectivity index (χ1n) is 4.28. The van der Waals surface area contributed by atoms with Gasteiger partial charge in [0.15, 0.2) is 0 Å². The van der Waals surface area contributed by atoms with E-state index < -0.39 is 6.10 Å². The third kappa shape index (κ3) is 3.10. The number of hydrogen-bond acceptors (Lipinski definition) is 2. The highest BCUT2D eigenvalue weighted by atomic mass is 79.9. The molecule has 3 heteroatoms. The lowest BCUT2D eigenvalue weighted by Gasteiger charge is -2.14. The van der Waals surface area contributed by atoms with Crippen LogP contribution in [0.1, 0.15) is 12.5 Å². The van der Waals surface area contributed by atoms with Crippen molar-refractivity contribution in [2.24, 2.45) is 5.73 Å². The van der Waals surface area contributed by atoms with Crippen molar-refractivity contribution in [2.75, 3.05) is 0 Å². The van der Waals surface area contributed by atoms with Crippen molar-refractivity contribution >= 4 is 15.9 Å². The first-order chi connectivity index (χ1) is 6.11. The van der Waals surface area contributed by atoms with Gasteiger partial charge in [-0.1, -0.05) is 34.1 Å². The Morgan fingerprint density at radius 3 is 2.62 bits per heavy atom. The Labute approximate surface area is 86.9 Å². The van der Waals surface area contributed by atoms with Gasteiger partial charge < -0.3 is 10.8 Å². The van der Waals surface area contributed by atoms with Crippen LogP contribution in [0.4, 0.5) is 0 Å². The van der Waals surface area contributed by atoms with Crippen molar-refractivity contribution in [3.8, 4) is 0 Å². The molecule has 0 aliphatic heterocycles. The Morgan fingerprint density at radius 2 is 2.08 bits per heavy atom. The zero-order valence-electron chi connectivity index (χ0n) is 7.57. The highest BCUT2D eigenvalue weighted by Crippen LogP contribution is 2.17. The average molecular weight is 244 g/mol. The standard InChI is InChI=1S/C10H14BrNO/c1-7(12)10(13)6-8-4-2-3-5-9(8)11/h2-5,7,10,13H,6,12H2,1H3. The van der Waals surface area contributed by atoms with Crippen LogP contribution in [-0.4, -0.2) is 17.3 Å². The predicted molar refractivity (Wildman–Crippen MR) is 57.5 cm³/mol. The van der Waals surface area contributed by atoms with Crippen LogP contribution in [0.2, 0.25) is 0 Å². The van der Waals surface area contributed by atoms with Crippen molar-refractivity contribution in [3.63, 3.8) is 0 Å². The third-order valence-electron chi connectivity index (χ3n) is 1.99. The van der Waals surface area contributed by atoms with E-state index in [1.165, 1.54) is 0 Å². The Morgan fingerprint density at radius 1 is 1.46 bits per heavy atom. The van der Waals surface area contributed by atoms with Crippen LogP contribution in [0.3, 0.4) is 0 Å². The van der Waals surface area contributed by atoms with Gasteiger partial charge in [-0.2, -0.15) is 0 Å². The fourth-order valence-electron chi connectivity index (χ4n) is 1.08. The summed E-state index contributed by atoms with van der Waals surface area (Å²) in [5.41, 5.74) is 6.66. The second kappa shape index (κ2) is 4.74. The summed E-state index contributed by atoms with van der Waals surface area (Å²) in [5, 5.41) is 9.56. The maximum atomic E-state index is 9.56. The summed E-state index contributed by atoms with van der Waals surface area (Å²) >= 11 is 3.42. The molecule has 0 aliphatic rings. The number of benzene rings is 1. The summed E-state index contributed by atoms with van der Waals surface area (Å²) in [6.07, 6.45) is 0.123. The summed E-state index contributed by atoms with van der Waals surface area (Å²) in [5.74, 6) is 0. The molecule has 0 saturated carbocycles. The van der Waals surface area contributed by atoms with Crippen molar-refractivity contribution in [1.82, 2.24) is 0 Å². The third-order valence-corrected chi connectivity index (χ3v) is 2.77. The summed E-state index contributed by atoms with van der Waals surface area (Å²) in [4.78, 5) is 0. The number of nitrogens with two attached hydrogens (primary N) is 1. The minimum absolute atomic E-state index is 0.188. The summed E-state index contributed by atoms with van der Waals surface area (Å²) in [7, 11) is 0. The van der Waals surface area contributed by atoms with Crippen LogP contribution in [-0.2, 0) is 6.42 Å². The molecule has 0 heterocycles. The smallest absolute Gasteiger partial charge is 0.0729 e. The molecule has 0 bridgehead atoms. The zero-order valence-corrected chi connectivity index (χ0v) is 9.16. The molecule has 1 aromatic carbocycles. The molecule has 0 aliphatic carbocycles. The number of hydrogen-bond donors (Lipinski definition) is 2. The Balaban J connectivity index is 2.69. The molecule has 0 saturated heterocycles. The molecule has 2 unspecified atom stereocenters. The molecule has 13 heavy (non-hydrogen) atoms. The molecule has 1 aromatic rings. The first-order valence-corrected chi connectivity index (χ1v) is 5.07. The fraction of sp³-hybridized carbons (Fsp3) is 0.400. The second-order valence-corrected chi connectivity index (χ2v) is 4.08. The van der Waals surface area contributed by atoms with Gasteiger partial charge in [-0.05, 0) is 18.6 Å². The maximum absolute atomic E-state index is 9.56. The molecule has 0 radical (unpaired) electrons. The monoisotopic (exact) mass is 243 g/mol. The SMILES string of the molecule is CC(N)C(O)Cc1ccccc1Br. The normalized spacial score (nSPS) is 15.4. The second-order valence-electron chi connectivity index (χ2n) is 3.22. The number of halogens is 1. The van der Waals surface area contributed by atoms with Crippen LogP contribution in [0.5, 0.6) is 0 Å². The van der Waals surface area contributed by atoms with Crippen molar-refractivity contribution in [3.05, 3.63) is 34.3 Å². The molecular formula is C10H14BrNO. The van der Waals surface area contributed by atoms with Gasteiger partial charge in [-0.25, -0.2) is 0 Å². The molecule has 0 spiro atoms. The van der Waals surface area contributed by atoms with Crippen LogP contribution < -0.4 is 5.73 Å². The van der Waals surface area contributed by atoms with E-state index in [0.29, 0.717) is 6.42 Å². The topological polar surface area (TPSA) is 46.2 Å². The lowest BCUT2D eigenvalue weighted by atomic mass is 10.0. The lowest BCUT2D eigenvalue weighted by Crippen LogP contribution is -2.33.